The molecule has 0 bridgehead atoms. The van der Waals surface area contributed by atoms with Gasteiger partial charge in [0, 0.05) is 17.1 Å². The van der Waals surface area contributed by atoms with Gasteiger partial charge in [-0.2, -0.15) is 18.3 Å². The van der Waals surface area contributed by atoms with E-state index in [1.54, 1.807) is 14.0 Å². The van der Waals surface area contributed by atoms with Gasteiger partial charge in [-0.05, 0) is 32.0 Å². The molecule has 8 heteroatoms. The Morgan fingerprint density at radius 1 is 1.09 bits per heavy atom. The predicted octanol–water partition coefficient (Wildman–Crippen LogP) is 3.46. The van der Waals surface area contributed by atoms with Crippen molar-refractivity contribution in [3.05, 3.63) is 41.3 Å². The highest BCUT2D eigenvalue weighted by molar-refractivity contribution is 5.86. The van der Waals surface area contributed by atoms with Gasteiger partial charge < -0.3 is 4.74 Å². The molecule has 0 saturated carbocycles. The molecule has 0 unspecified atom stereocenters. The predicted molar refractivity (Wildman–Crippen MR) is 77.7 cm³/mol. The number of benzene rings is 1. The van der Waals surface area contributed by atoms with Crippen LogP contribution in [0.3, 0.4) is 0 Å². The topological polar surface area (TPSA) is 52.8 Å². The number of halogens is 3. The van der Waals surface area contributed by atoms with E-state index in [0.717, 1.165) is 21.7 Å². The van der Waals surface area contributed by atoms with Crippen LogP contribution in [0, 0.1) is 13.8 Å². The molecule has 120 valence electrons. The minimum absolute atomic E-state index is 0.0850. The van der Waals surface area contributed by atoms with E-state index in [2.05, 4.69) is 15.1 Å². The smallest absolute Gasteiger partial charge is 0.435 e. The quantitative estimate of drug-likeness (QED) is 0.725. The number of rotatable bonds is 2. The van der Waals surface area contributed by atoms with Crippen molar-refractivity contribution in [2.45, 2.75) is 20.0 Å². The summed E-state index contributed by atoms with van der Waals surface area (Å²) in [6.07, 6.45) is -3.31. The lowest BCUT2D eigenvalue weighted by molar-refractivity contribution is -0.141. The van der Waals surface area contributed by atoms with Gasteiger partial charge in [0.1, 0.15) is 5.75 Å². The first kappa shape index (κ1) is 15.3. The molecule has 0 aliphatic rings. The molecule has 0 aliphatic carbocycles. The summed E-state index contributed by atoms with van der Waals surface area (Å²) in [5.74, 6) is 0.736. The van der Waals surface area contributed by atoms with E-state index < -0.39 is 11.9 Å². The maximum absolute atomic E-state index is 12.7. The largest absolute Gasteiger partial charge is 0.496 e. The van der Waals surface area contributed by atoms with Crippen molar-refractivity contribution in [2.75, 3.05) is 7.11 Å². The second-order valence-corrected chi connectivity index (χ2v) is 5.04. The van der Waals surface area contributed by atoms with Gasteiger partial charge in [0.2, 0.25) is 0 Å². The molecule has 0 fully saturated rings. The number of hydrogen-bond acceptors (Lipinski definition) is 4. The molecule has 0 saturated heterocycles. The van der Waals surface area contributed by atoms with Crippen LogP contribution in [0.4, 0.5) is 13.2 Å². The van der Waals surface area contributed by atoms with E-state index in [9.17, 15) is 13.2 Å². The van der Waals surface area contributed by atoms with Crippen LogP contribution in [0.2, 0.25) is 0 Å². The molecule has 5 nitrogen and oxygen atoms in total. The molecule has 3 rings (SSSR count). The maximum atomic E-state index is 12.7. The van der Waals surface area contributed by atoms with E-state index >= 15 is 0 Å². The van der Waals surface area contributed by atoms with E-state index in [-0.39, 0.29) is 5.95 Å². The average molecular weight is 322 g/mol. The van der Waals surface area contributed by atoms with Gasteiger partial charge in [0.25, 0.3) is 5.95 Å². The number of hydrogen-bond donors (Lipinski definition) is 0. The van der Waals surface area contributed by atoms with Crippen LogP contribution in [0.1, 0.15) is 17.0 Å². The Kier molecular flexibility index (Phi) is 3.46. The fourth-order valence-corrected chi connectivity index (χ4v) is 2.36. The van der Waals surface area contributed by atoms with Crippen molar-refractivity contribution in [2.24, 2.45) is 0 Å². The van der Waals surface area contributed by atoms with E-state index in [4.69, 9.17) is 4.74 Å². The molecule has 0 N–H and O–H groups in total. The molecule has 3 aromatic rings. The summed E-state index contributed by atoms with van der Waals surface area (Å²) in [7, 11) is 1.55. The highest BCUT2D eigenvalue weighted by atomic mass is 19.4. The monoisotopic (exact) mass is 322 g/mol. The second kappa shape index (κ2) is 5.22. The van der Waals surface area contributed by atoms with Gasteiger partial charge in [-0.25, -0.2) is 14.6 Å². The van der Waals surface area contributed by atoms with Crippen LogP contribution >= 0.6 is 0 Å². The Morgan fingerprint density at radius 2 is 1.83 bits per heavy atom. The Labute approximate surface area is 129 Å². The van der Waals surface area contributed by atoms with E-state index in [1.807, 2.05) is 19.1 Å². The third-order valence-electron chi connectivity index (χ3n) is 3.55. The number of nitrogens with zero attached hydrogens (tertiary/aromatic N) is 4. The summed E-state index contributed by atoms with van der Waals surface area (Å²) >= 11 is 0. The highest BCUT2D eigenvalue weighted by Gasteiger charge is 2.33. The van der Waals surface area contributed by atoms with Gasteiger partial charge in [0.05, 0.1) is 18.3 Å². The summed E-state index contributed by atoms with van der Waals surface area (Å²) in [5.41, 5.74) is 1.08. The molecule has 23 heavy (non-hydrogen) atoms. The zero-order valence-corrected chi connectivity index (χ0v) is 12.6. The maximum Gasteiger partial charge on any atom is 0.435 e. The van der Waals surface area contributed by atoms with E-state index in [1.165, 1.54) is 6.20 Å². The lowest BCUT2D eigenvalue weighted by Gasteiger charge is -2.10. The van der Waals surface area contributed by atoms with Crippen LogP contribution in [0.25, 0.3) is 16.9 Å². The van der Waals surface area contributed by atoms with E-state index in [0.29, 0.717) is 17.0 Å². The van der Waals surface area contributed by atoms with Crippen molar-refractivity contribution < 1.29 is 17.9 Å². The Balaban J connectivity index is 2.19. The molecule has 0 atom stereocenters. The summed E-state index contributed by atoms with van der Waals surface area (Å²) < 4.78 is 44.3. The summed E-state index contributed by atoms with van der Waals surface area (Å²) in [5, 5.41) is 4.32. The number of ether oxygens (including phenoxy) is 1. The zero-order valence-electron chi connectivity index (χ0n) is 12.6. The molecule has 1 aromatic carbocycles. The second-order valence-electron chi connectivity index (χ2n) is 5.04. The minimum atomic E-state index is -4.50. The summed E-state index contributed by atoms with van der Waals surface area (Å²) in [4.78, 5) is 8.60. The lowest BCUT2D eigenvalue weighted by atomic mass is 10.1. The van der Waals surface area contributed by atoms with Crippen LogP contribution in [-0.4, -0.2) is 26.9 Å². The zero-order chi connectivity index (χ0) is 16.8. The van der Waals surface area contributed by atoms with Crippen LogP contribution < -0.4 is 4.74 Å². The summed E-state index contributed by atoms with van der Waals surface area (Å²) in [6.45, 7) is 3.61. The number of aryl methyl sites for hydroxylation is 2. The normalized spacial score (nSPS) is 11.9. The molecule has 0 radical (unpaired) electrons. The van der Waals surface area contributed by atoms with Crippen molar-refractivity contribution >= 4 is 10.9 Å². The van der Waals surface area contributed by atoms with Crippen LogP contribution in [0.15, 0.2) is 24.4 Å². The van der Waals surface area contributed by atoms with Gasteiger partial charge in [-0.3, -0.25) is 0 Å². The number of alkyl halides is 3. The molecule has 2 heterocycles. The number of aromatic nitrogens is 4. The molecule has 2 aromatic heterocycles. The minimum Gasteiger partial charge on any atom is -0.496 e. The first-order chi connectivity index (χ1) is 10.8. The van der Waals surface area contributed by atoms with Gasteiger partial charge in [-0.1, -0.05) is 0 Å². The fraction of sp³-hybridized carbons (Fsp3) is 0.267. The molecular formula is C15H13F3N4O. The lowest BCUT2D eigenvalue weighted by Crippen LogP contribution is -2.09. The van der Waals surface area contributed by atoms with Gasteiger partial charge in [-0.15, -0.1) is 0 Å². The molecular weight excluding hydrogens is 309 g/mol. The van der Waals surface area contributed by atoms with Crippen molar-refractivity contribution in [3.8, 4) is 11.7 Å². The molecule has 0 aliphatic heterocycles. The van der Waals surface area contributed by atoms with Gasteiger partial charge in [0.15, 0.2) is 5.69 Å². The summed E-state index contributed by atoms with van der Waals surface area (Å²) in [6, 6.07) is 4.52. The standard InChI is InChI=1S/C15H13F3N4O/c1-8-11(23-3)5-4-10-9(2)19-14(20-13(8)10)22-7-6-12(21-22)15(16,17)18/h4-7H,1-3H3. The average Bonchev–Trinajstić information content (AvgIpc) is 2.98. The third kappa shape index (κ3) is 2.60. The molecule has 0 spiro atoms. The Hall–Kier alpha value is -2.64. The van der Waals surface area contributed by atoms with Crippen LogP contribution in [-0.2, 0) is 6.18 Å². The first-order valence-electron chi connectivity index (χ1n) is 6.76. The third-order valence-corrected chi connectivity index (χ3v) is 3.55. The van der Waals surface area contributed by atoms with Gasteiger partial charge >= 0.3 is 6.18 Å². The Morgan fingerprint density at radius 3 is 2.43 bits per heavy atom. The van der Waals surface area contributed by atoms with Crippen molar-refractivity contribution in [1.82, 2.24) is 19.7 Å². The fourth-order valence-electron chi connectivity index (χ4n) is 2.36. The van der Waals surface area contributed by atoms with Crippen molar-refractivity contribution in [3.63, 3.8) is 0 Å². The number of fused-ring (bicyclic) bond motifs is 1. The molecule has 0 amide bonds. The van der Waals surface area contributed by atoms with Crippen LogP contribution in [0.5, 0.6) is 5.75 Å². The SMILES string of the molecule is COc1ccc2c(C)nc(-n3ccc(C(F)(F)F)n3)nc2c1C. The van der Waals surface area contributed by atoms with Crippen molar-refractivity contribution in [1.29, 1.82) is 0 Å². The number of methoxy groups -OCH3 is 1. The first-order valence-corrected chi connectivity index (χ1v) is 6.76. The highest BCUT2D eigenvalue weighted by Crippen LogP contribution is 2.29. The Bertz CT molecular complexity index is 886.